The van der Waals surface area contributed by atoms with Crippen LogP contribution in [0.5, 0.6) is 0 Å². The molecule has 0 radical (unpaired) electrons. The molecule has 2 fully saturated rings. The highest BCUT2D eigenvalue weighted by Gasteiger charge is 2.30. The lowest BCUT2D eigenvalue weighted by molar-refractivity contribution is 0.132. The van der Waals surface area contributed by atoms with Crippen molar-refractivity contribution in [2.75, 3.05) is 20.1 Å². The zero-order chi connectivity index (χ0) is 13.0. The summed E-state index contributed by atoms with van der Waals surface area (Å²) in [7, 11) is 2.19. The summed E-state index contributed by atoms with van der Waals surface area (Å²) in [6.45, 7) is 4.62. The summed E-state index contributed by atoms with van der Waals surface area (Å²) in [5.74, 6) is 0. The van der Waals surface area contributed by atoms with Gasteiger partial charge in [-0.3, -0.25) is 9.80 Å². The van der Waals surface area contributed by atoms with Crippen LogP contribution in [0.4, 0.5) is 0 Å². The standard InChI is InChI=1S/C15H27N3/c1-13-9-11-18(14-6-4-3-5-7-14)12-15(8-10-16)17(13)2/h13-15H,3-9,11-12H2,1-2H3. The number of hydrogen-bond donors (Lipinski definition) is 0. The zero-order valence-electron chi connectivity index (χ0n) is 11.9. The van der Waals surface area contributed by atoms with E-state index in [1.807, 2.05) is 0 Å². The fraction of sp³-hybridized carbons (Fsp3) is 0.933. The van der Waals surface area contributed by atoms with Crippen molar-refractivity contribution < 1.29 is 0 Å². The molecule has 0 aromatic rings. The third-order valence-electron chi connectivity index (χ3n) is 4.97. The van der Waals surface area contributed by atoms with Crippen LogP contribution in [0.3, 0.4) is 0 Å². The van der Waals surface area contributed by atoms with Crippen molar-refractivity contribution in [2.45, 2.75) is 70.0 Å². The van der Waals surface area contributed by atoms with Crippen LogP contribution in [0.25, 0.3) is 0 Å². The third kappa shape index (κ3) is 3.24. The van der Waals surface area contributed by atoms with Crippen LogP contribution in [0.15, 0.2) is 0 Å². The predicted octanol–water partition coefficient (Wildman–Crippen LogP) is 2.63. The predicted molar refractivity (Wildman–Crippen MR) is 74.3 cm³/mol. The Hall–Kier alpha value is -0.590. The van der Waals surface area contributed by atoms with Crippen molar-refractivity contribution in [3.8, 4) is 6.07 Å². The van der Waals surface area contributed by atoms with Gasteiger partial charge in [-0.1, -0.05) is 19.3 Å². The Morgan fingerprint density at radius 1 is 1.17 bits per heavy atom. The molecule has 0 N–H and O–H groups in total. The summed E-state index contributed by atoms with van der Waals surface area (Å²) in [6, 6.07) is 4.20. The van der Waals surface area contributed by atoms with Gasteiger partial charge < -0.3 is 0 Å². The molecular formula is C15H27N3. The summed E-state index contributed by atoms with van der Waals surface area (Å²) in [5, 5.41) is 9.02. The lowest BCUT2D eigenvalue weighted by atomic mass is 9.93. The first kappa shape index (κ1) is 13.8. The minimum atomic E-state index is 0.425. The van der Waals surface area contributed by atoms with Crippen LogP contribution in [-0.2, 0) is 0 Å². The Morgan fingerprint density at radius 2 is 1.89 bits per heavy atom. The fourth-order valence-corrected chi connectivity index (χ4v) is 3.50. The molecule has 3 nitrogen and oxygen atoms in total. The molecule has 0 bridgehead atoms. The lowest BCUT2D eigenvalue weighted by Gasteiger charge is -2.35. The van der Waals surface area contributed by atoms with Crippen molar-refractivity contribution >= 4 is 0 Å². The van der Waals surface area contributed by atoms with Gasteiger partial charge in [0, 0.05) is 24.7 Å². The van der Waals surface area contributed by atoms with Gasteiger partial charge in [-0.25, -0.2) is 0 Å². The van der Waals surface area contributed by atoms with Crippen LogP contribution in [0.2, 0.25) is 0 Å². The molecule has 1 aliphatic heterocycles. The smallest absolute Gasteiger partial charge is 0.0638 e. The van der Waals surface area contributed by atoms with Gasteiger partial charge in [0.25, 0.3) is 0 Å². The Balaban J connectivity index is 2.01. The fourth-order valence-electron chi connectivity index (χ4n) is 3.50. The maximum atomic E-state index is 9.02. The monoisotopic (exact) mass is 249 g/mol. The molecule has 1 saturated heterocycles. The number of likely N-dealkylation sites (N-methyl/N-ethyl adjacent to an activating group) is 1. The molecule has 2 aliphatic rings. The molecular weight excluding hydrogens is 222 g/mol. The highest BCUT2D eigenvalue weighted by molar-refractivity contribution is 4.91. The molecule has 18 heavy (non-hydrogen) atoms. The average molecular weight is 249 g/mol. The van der Waals surface area contributed by atoms with E-state index in [2.05, 4.69) is 29.8 Å². The van der Waals surface area contributed by atoms with Gasteiger partial charge in [-0.05, 0) is 39.8 Å². The minimum Gasteiger partial charge on any atom is -0.299 e. The average Bonchev–Trinajstić information content (AvgIpc) is 2.54. The van der Waals surface area contributed by atoms with Gasteiger partial charge in [0.2, 0.25) is 0 Å². The van der Waals surface area contributed by atoms with Crippen molar-refractivity contribution in [2.24, 2.45) is 0 Å². The first-order valence-electron chi connectivity index (χ1n) is 7.55. The number of nitriles is 1. The quantitative estimate of drug-likeness (QED) is 0.753. The Bertz CT molecular complexity index is 291. The normalized spacial score (nSPS) is 32.9. The second-order valence-electron chi connectivity index (χ2n) is 6.11. The molecule has 102 valence electrons. The van der Waals surface area contributed by atoms with E-state index in [0.29, 0.717) is 18.5 Å². The molecule has 1 saturated carbocycles. The molecule has 2 unspecified atom stereocenters. The molecule has 3 heteroatoms. The second kappa shape index (κ2) is 6.54. The van der Waals surface area contributed by atoms with E-state index >= 15 is 0 Å². The van der Waals surface area contributed by atoms with E-state index in [9.17, 15) is 0 Å². The molecule has 0 amide bonds. The maximum Gasteiger partial charge on any atom is 0.0638 e. The molecule has 1 aliphatic carbocycles. The van der Waals surface area contributed by atoms with Gasteiger partial charge in [-0.15, -0.1) is 0 Å². The van der Waals surface area contributed by atoms with Crippen LogP contribution in [0.1, 0.15) is 51.9 Å². The molecule has 0 aromatic carbocycles. The SMILES string of the molecule is CC1CCN(C2CCCCC2)CC(CC#N)N1C. The number of rotatable bonds is 2. The second-order valence-corrected chi connectivity index (χ2v) is 6.11. The van der Waals surface area contributed by atoms with Crippen LogP contribution < -0.4 is 0 Å². The van der Waals surface area contributed by atoms with Crippen molar-refractivity contribution in [3.63, 3.8) is 0 Å². The van der Waals surface area contributed by atoms with E-state index in [1.54, 1.807) is 0 Å². The van der Waals surface area contributed by atoms with Gasteiger partial charge >= 0.3 is 0 Å². The number of nitrogens with zero attached hydrogens (tertiary/aromatic N) is 3. The highest BCUT2D eigenvalue weighted by atomic mass is 15.3. The van der Waals surface area contributed by atoms with Crippen molar-refractivity contribution in [1.82, 2.24) is 9.80 Å². The third-order valence-corrected chi connectivity index (χ3v) is 4.97. The van der Waals surface area contributed by atoms with Crippen LogP contribution >= 0.6 is 0 Å². The van der Waals surface area contributed by atoms with Crippen molar-refractivity contribution in [1.29, 1.82) is 5.26 Å². The summed E-state index contributed by atoms with van der Waals surface area (Å²) in [4.78, 5) is 5.10. The minimum absolute atomic E-state index is 0.425. The van der Waals surface area contributed by atoms with Crippen molar-refractivity contribution in [3.05, 3.63) is 0 Å². The molecule has 0 aromatic heterocycles. The van der Waals surface area contributed by atoms with E-state index in [0.717, 1.165) is 12.6 Å². The Kier molecular flexibility index (Phi) is 5.03. The Labute approximate surface area is 112 Å². The topological polar surface area (TPSA) is 30.3 Å². The molecule has 2 atom stereocenters. The first-order valence-corrected chi connectivity index (χ1v) is 7.55. The van der Waals surface area contributed by atoms with E-state index < -0.39 is 0 Å². The summed E-state index contributed by atoms with van der Waals surface area (Å²) >= 11 is 0. The van der Waals surface area contributed by atoms with Crippen LogP contribution in [0, 0.1) is 11.3 Å². The zero-order valence-corrected chi connectivity index (χ0v) is 11.9. The van der Waals surface area contributed by atoms with Gasteiger partial charge in [0.05, 0.1) is 12.5 Å². The van der Waals surface area contributed by atoms with E-state index in [4.69, 9.17) is 5.26 Å². The summed E-state index contributed by atoms with van der Waals surface area (Å²) in [6.07, 6.45) is 8.88. The van der Waals surface area contributed by atoms with Gasteiger partial charge in [-0.2, -0.15) is 5.26 Å². The highest BCUT2D eigenvalue weighted by Crippen LogP contribution is 2.26. The maximum absolute atomic E-state index is 9.02. The Morgan fingerprint density at radius 3 is 2.56 bits per heavy atom. The van der Waals surface area contributed by atoms with Gasteiger partial charge in [0.1, 0.15) is 0 Å². The molecule has 1 heterocycles. The van der Waals surface area contributed by atoms with E-state index in [-0.39, 0.29) is 0 Å². The first-order chi connectivity index (χ1) is 8.72. The van der Waals surface area contributed by atoms with E-state index in [1.165, 1.54) is 45.1 Å². The molecule has 2 rings (SSSR count). The lowest BCUT2D eigenvalue weighted by Crippen LogP contribution is -2.44. The summed E-state index contributed by atoms with van der Waals surface area (Å²) in [5.41, 5.74) is 0. The number of hydrogen-bond acceptors (Lipinski definition) is 3. The molecule has 0 spiro atoms. The van der Waals surface area contributed by atoms with Crippen LogP contribution in [-0.4, -0.2) is 48.1 Å². The van der Waals surface area contributed by atoms with Gasteiger partial charge in [0.15, 0.2) is 0 Å². The summed E-state index contributed by atoms with van der Waals surface area (Å²) < 4.78 is 0. The largest absolute Gasteiger partial charge is 0.299 e.